The summed E-state index contributed by atoms with van der Waals surface area (Å²) in [6.07, 6.45) is 0. The molecule has 0 radical (unpaired) electrons. The molecule has 0 spiro atoms. The highest BCUT2D eigenvalue weighted by atomic mass is 79.9. The largest absolute Gasteiger partial charge is 0.494 e. The lowest BCUT2D eigenvalue weighted by Crippen LogP contribution is -2.15. The Balaban J connectivity index is 1.65. The number of nitrogens with one attached hydrogen (secondary N) is 1. The number of anilines is 1. The van der Waals surface area contributed by atoms with E-state index in [4.69, 9.17) is 9.15 Å². The Morgan fingerprint density at radius 3 is 2.63 bits per heavy atom. The van der Waals surface area contributed by atoms with E-state index in [1.54, 1.807) is 13.2 Å². The number of hydrogen-bond acceptors (Lipinski definition) is 6. The van der Waals surface area contributed by atoms with Crippen molar-refractivity contribution in [2.45, 2.75) is 5.22 Å². The molecule has 0 saturated carbocycles. The number of carbonyl (C=O) groups excluding carboxylic acids is 1. The Morgan fingerprint density at radius 1 is 1.19 bits per heavy atom. The van der Waals surface area contributed by atoms with Gasteiger partial charge in [0.25, 0.3) is 5.22 Å². The van der Waals surface area contributed by atoms with Gasteiger partial charge in [-0.05, 0) is 66.0 Å². The van der Waals surface area contributed by atoms with Crippen molar-refractivity contribution in [3.8, 4) is 17.2 Å². The molecule has 0 aliphatic heterocycles. The number of carbonyl (C=O) groups is 1. The van der Waals surface area contributed by atoms with Crippen molar-refractivity contribution in [3.63, 3.8) is 0 Å². The Hall–Kier alpha value is -1.36. The fourth-order valence-electron chi connectivity index (χ4n) is 2.14. The minimum atomic E-state index is -0.217. The molecule has 1 aromatic heterocycles. The second kappa shape index (κ2) is 9.22. The number of benzene rings is 2. The summed E-state index contributed by atoms with van der Waals surface area (Å²) in [7, 11) is 1.56. The molecule has 140 valence electrons. The molecule has 1 N–H and O–H groups in total. The van der Waals surface area contributed by atoms with Crippen LogP contribution in [0.4, 0.5) is 5.69 Å². The first kappa shape index (κ1) is 20.4. The van der Waals surface area contributed by atoms with Crippen LogP contribution in [0.15, 0.2) is 59.5 Å². The third kappa shape index (κ3) is 4.92. The molecule has 1 heterocycles. The van der Waals surface area contributed by atoms with E-state index >= 15 is 0 Å². The molecular weight excluding hydrogens is 566 g/mol. The smallest absolute Gasteiger partial charge is 0.277 e. The molecule has 2 aromatic carbocycles. The van der Waals surface area contributed by atoms with E-state index < -0.39 is 0 Å². The van der Waals surface area contributed by atoms with Gasteiger partial charge in [-0.3, -0.25) is 4.79 Å². The highest BCUT2D eigenvalue weighted by Gasteiger charge is 2.18. The zero-order chi connectivity index (χ0) is 19.4. The number of methoxy groups -OCH3 is 1. The minimum absolute atomic E-state index is 0.119. The van der Waals surface area contributed by atoms with Crippen LogP contribution in [-0.2, 0) is 4.79 Å². The number of aromatic nitrogens is 2. The molecule has 0 unspecified atom stereocenters. The number of nitrogens with zero attached hydrogens (tertiary/aromatic N) is 2. The average molecular weight is 578 g/mol. The van der Waals surface area contributed by atoms with Gasteiger partial charge in [0.2, 0.25) is 11.8 Å². The molecular formula is C17H12Br3N3O3S. The first-order chi connectivity index (χ1) is 13.0. The Morgan fingerprint density at radius 2 is 1.93 bits per heavy atom. The summed E-state index contributed by atoms with van der Waals surface area (Å²) in [5, 5.41) is 11.1. The van der Waals surface area contributed by atoms with E-state index in [1.807, 2.05) is 30.3 Å². The van der Waals surface area contributed by atoms with Crippen LogP contribution in [0.3, 0.4) is 0 Å². The van der Waals surface area contributed by atoms with E-state index in [9.17, 15) is 4.79 Å². The van der Waals surface area contributed by atoms with E-state index in [0.717, 1.165) is 21.8 Å². The van der Waals surface area contributed by atoms with Crippen molar-refractivity contribution in [1.29, 1.82) is 0 Å². The molecule has 6 nitrogen and oxygen atoms in total. The topological polar surface area (TPSA) is 77.2 Å². The molecule has 10 heteroatoms. The predicted octanol–water partition coefficient (Wildman–Crippen LogP) is 5.76. The van der Waals surface area contributed by atoms with Crippen molar-refractivity contribution in [2.75, 3.05) is 18.2 Å². The number of amides is 1. The van der Waals surface area contributed by atoms with E-state index in [1.165, 1.54) is 0 Å². The molecule has 0 aliphatic carbocycles. The summed E-state index contributed by atoms with van der Waals surface area (Å²) >= 11 is 11.5. The summed E-state index contributed by atoms with van der Waals surface area (Å²) in [6.45, 7) is 0. The number of rotatable bonds is 6. The normalized spacial score (nSPS) is 10.7. The Kier molecular flexibility index (Phi) is 6.96. The lowest BCUT2D eigenvalue weighted by atomic mass is 10.2. The van der Waals surface area contributed by atoms with Crippen molar-refractivity contribution in [1.82, 2.24) is 10.2 Å². The summed E-state index contributed by atoms with van der Waals surface area (Å²) in [5.41, 5.74) is 1.41. The zero-order valence-corrected chi connectivity index (χ0v) is 19.4. The molecule has 0 bridgehead atoms. The van der Waals surface area contributed by atoms with Crippen LogP contribution in [0.25, 0.3) is 11.5 Å². The van der Waals surface area contributed by atoms with E-state index in [-0.39, 0.29) is 11.7 Å². The summed E-state index contributed by atoms with van der Waals surface area (Å²) in [6, 6.07) is 11.3. The van der Waals surface area contributed by atoms with Crippen LogP contribution in [0.1, 0.15) is 0 Å². The molecule has 3 rings (SSSR count). The number of hydrogen-bond donors (Lipinski definition) is 1. The maximum Gasteiger partial charge on any atom is 0.277 e. The quantitative estimate of drug-likeness (QED) is 0.375. The van der Waals surface area contributed by atoms with Crippen LogP contribution in [0.2, 0.25) is 0 Å². The molecule has 0 saturated heterocycles. The van der Waals surface area contributed by atoms with Crippen molar-refractivity contribution in [2.24, 2.45) is 0 Å². The number of ether oxygens (including phenoxy) is 1. The third-order valence-electron chi connectivity index (χ3n) is 3.35. The van der Waals surface area contributed by atoms with E-state index in [2.05, 4.69) is 63.3 Å². The van der Waals surface area contributed by atoms with Gasteiger partial charge in [-0.25, -0.2) is 0 Å². The summed E-state index contributed by atoms with van der Waals surface area (Å²) in [5.74, 6) is 0.908. The average Bonchev–Trinajstić information content (AvgIpc) is 3.13. The van der Waals surface area contributed by atoms with Crippen LogP contribution >= 0.6 is 59.6 Å². The highest BCUT2D eigenvalue weighted by Crippen LogP contribution is 2.43. The maximum absolute atomic E-state index is 12.3. The van der Waals surface area contributed by atoms with Gasteiger partial charge in [-0.1, -0.05) is 30.0 Å². The minimum Gasteiger partial charge on any atom is -0.494 e. The van der Waals surface area contributed by atoms with Gasteiger partial charge in [-0.15, -0.1) is 10.2 Å². The van der Waals surface area contributed by atoms with Gasteiger partial charge >= 0.3 is 0 Å². The second-order valence-electron chi connectivity index (χ2n) is 5.14. The summed E-state index contributed by atoms with van der Waals surface area (Å²) in [4.78, 5) is 12.3. The first-order valence-electron chi connectivity index (χ1n) is 7.52. The summed E-state index contributed by atoms with van der Waals surface area (Å²) < 4.78 is 13.0. The maximum atomic E-state index is 12.3. The standard InChI is InChI=1S/C17H12Br3N3O3S/c1-25-15-11(19)7-10(18)14(13(15)20)21-12(24)8-27-17-23-22-16(26-17)9-5-3-2-4-6-9/h2-7H,8H2,1H3,(H,21,24). The second-order valence-corrected chi connectivity index (χ2v) is 8.57. The van der Waals surface area contributed by atoms with Gasteiger partial charge in [0.15, 0.2) is 0 Å². The molecule has 1 amide bonds. The highest BCUT2D eigenvalue weighted by molar-refractivity contribution is 9.11. The fourth-order valence-corrected chi connectivity index (χ4v) is 5.35. The van der Waals surface area contributed by atoms with Crippen LogP contribution in [-0.4, -0.2) is 29.0 Å². The van der Waals surface area contributed by atoms with Crippen LogP contribution in [0, 0.1) is 0 Å². The molecule has 27 heavy (non-hydrogen) atoms. The van der Waals surface area contributed by atoms with Gasteiger partial charge in [0.05, 0.1) is 27.5 Å². The number of halogens is 3. The van der Waals surface area contributed by atoms with Gasteiger partial charge in [0.1, 0.15) is 5.75 Å². The fraction of sp³-hybridized carbons (Fsp3) is 0.118. The van der Waals surface area contributed by atoms with Crippen molar-refractivity contribution < 1.29 is 13.9 Å². The lowest BCUT2D eigenvalue weighted by Gasteiger charge is -2.14. The Labute approximate surface area is 184 Å². The molecule has 0 aliphatic rings. The monoisotopic (exact) mass is 575 g/mol. The van der Waals surface area contributed by atoms with E-state index in [0.29, 0.717) is 31.5 Å². The third-order valence-corrected chi connectivity index (χ3v) is 6.14. The van der Waals surface area contributed by atoms with Gasteiger partial charge in [0, 0.05) is 10.0 Å². The first-order valence-corrected chi connectivity index (χ1v) is 10.9. The van der Waals surface area contributed by atoms with Crippen LogP contribution < -0.4 is 10.1 Å². The molecule has 0 atom stereocenters. The van der Waals surface area contributed by atoms with Crippen molar-refractivity contribution >= 4 is 71.1 Å². The van der Waals surface area contributed by atoms with Gasteiger partial charge < -0.3 is 14.5 Å². The SMILES string of the molecule is COc1c(Br)cc(Br)c(NC(=O)CSc2nnc(-c3ccccc3)o2)c1Br. The Bertz CT molecular complexity index is 967. The van der Waals surface area contributed by atoms with Crippen molar-refractivity contribution in [3.05, 3.63) is 49.8 Å². The predicted molar refractivity (Wildman–Crippen MR) is 115 cm³/mol. The zero-order valence-electron chi connectivity index (χ0n) is 13.8. The van der Waals surface area contributed by atoms with Gasteiger partial charge in [-0.2, -0.15) is 0 Å². The van der Waals surface area contributed by atoms with Crippen LogP contribution in [0.5, 0.6) is 5.75 Å². The lowest BCUT2D eigenvalue weighted by molar-refractivity contribution is -0.113. The molecule has 0 fully saturated rings. The number of thioether (sulfide) groups is 1. The molecule has 3 aromatic rings.